The number of hydrogen-bond acceptors (Lipinski definition) is 5. The first kappa shape index (κ1) is 12.6. The van der Waals surface area contributed by atoms with Crippen LogP contribution in [0.1, 0.15) is 5.69 Å². The summed E-state index contributed by atoms with van der Waals surface area (Å²) in [4.78, 5) is 9.39. The van der Waals surface area contributed by atoms with Gasteiger partial charge in [-0.3, -0.25) is 0 Å². The van der Waals surface area contributed by atoms with E-state index in [1.807, 2.05) is 35.2 Å². The van der Waals surface area contributed by atoms with E-state index in [4.69, 9.17) is 0 Å². The lowest BCUT2D eigenvalue weighted by Crippen LogP contribution is -2.46. The van der Waals surface area contributed by atoms with Gasteiger partial charge in [0.25, 0.3) is 0 Å². The van der Waals surface area contributed by atoms with E-state index >= 15 is 0 Å². The van der Waals surface area contributed by atoms with E-state index in [0.29, 0.717) is 0 Å². The van der Waals surface area contributed by atoms with Gasteiger partial charge in [0.1, 0.15) is 5.52 Å². The van der Waals surface area contributed by atoms with Gasteiger partial charge in [0.2, 0.25) is 0 Å². The molecule has 0 unspecified atom stereocenters. The summed E-state index contributed by atoms with van der Waals surface area (Å²) in [5.74, 6) is 1.05. The van der Waals surface area contributed by atoms with Crippen LogP contribution >= 0.6 is 11.3 Å². The maximum absolute atomic E-state index is 4.58. The maximum Gasteiger partial charge on any atom is 0.154 e. The lowest BCUT2D eigenvalue weighted by Gasteiger charge is -2.36. The Bertz CT molecular complexity index is 741. The molecule has 0 N–H and O–H groups in total. The Kier molecular flexibility index (Phi) is 3.03. The van der Waals surface area contributed by atoms with E-state index in [2.05, 4.69) is 43.5 Å². The fraction of sp³-hybridized carbons (Fsp3) is 0.333. The topological polar surface area (TPSA) is 36.7 Å². The van der Waals surface area contributed by atoms with Crippen molar-refractivity contribution in [3.63, 3.8) is 0 Å². The number of thiophene rings is 1. The Morgan fingerprint density at radius 2 is 1.95 bits per heavy atom. The van der Waals surface area contributed by atoms with Crippen molar-refractivity contribution in [3.8, 4) is 0 Å². The molecule has 1 aliphatic heterocycles. The number of aromatic nitrogens is 3. The van der Waals surface area contributed by atoms with Crippen molar-refractivity contribution in [3.05, 3.63) is 41.7 Å². The van der Waals surface area contributed by atoms with Crippen molar-refractivity contribution in [1.29, 1.82) is 0 Å². The van der Waals surface area contributed by atoms with Gasteiger partial charge < -0.3 is 9.80 Å². The molecule has 0 aliphatic carbocycles. The first-order valence-electron chi connectivity index (χ1n) is 7.16. The second kappa shape index (κ2) is 5.04. The van der Waals surface area contributed by atoms with Gasteiger partial charge in [-0.25, -0.2) is 9.50 Å². The summed E-state index contributed by atoms with van der Waals surface area (Å²) in [6, 6.07) is 6.41. The highest BCUT2D eigenvalue weighted by molar-refractivity contribution is 7.14. The third-order valence-corrected chi connectivity index (χ3v) is 4.82. The van der Waals surface area contributed by atoms with E-state index in [-0.39, 0.29) is 0 Å². The highest BCUT2D eigenvalue weighted by Gasteiger charge is 2.20. The fourth-order valence-electron chi connectivity index (χ4n) is 2.86. The van der Waals surface area contributed by atoms with Gasteiger partial charge in [0.15, 0.2) is 5.82 Å². The summed E-state index contributed by atoms with van der Waals surface area (Å²) in [7, 11) is 0. The molecule has 4 heterocycles. The van der Waals surface area contributed by atoms with Crippen molar-refractivity contribution in [2.45, 2.75) is 6.92 Å². The van der Waals surface area contributed by atoms with Crippen molar-refractivity contribution in [2.24, 2.45) is 0 Å². The average molecular weight is 299 g/mol. The van der Waals surface area contributed by atoms with Crippen LogP contribution in [0.3, 0.4) is 0 Å². The van der Waals surface area contributed by atoms with E-state index < -0.39 is 0 Å². The van der Waals surface area contributed by atoms with E-state index in [1.54, 1.807) is 0 Å². The number of rotatable bonds is 2. The molecule has 108 valence electrons. The standard InChI is InChI=1S/C15H17N5S/c1-12-11-13-15(16-4-5-20(13)17-12)19-8-6-18(7-9-19)14-3-2-10-21-14/h2-5,10-11H,6-9H2,1H3. The third-order valence-electron chi connectivity index (χ3n) is 3.89. The molecule has 0 bridgehead atoms. The van der Waals surface area contributed by atoms with Crippen molar-refractivity contribution in [1.82, 2.24) is 14.6 Å². The molecule has 1 fully saturated rings. The zero-order valence-corrected chi connectivity index (χ0v) is 12.8. The van der Waals surface area contributed by atoms with Gasteiger partial charge in [-0.2, -0.15) is 5.10 Å². The molecule has 0 atom stereocenters. The summed E-state index contributed by atoms with van der Waals surface area (Å²) < 4.78 is 1.92. The SMILES string of the molecule is Cc1cc2c(N3CCN(c4cccs4)CC3)nccn2n1. The van der Waals surface area contributed by atoms with Crippen LogP contribution in [0.2, 0.25) is 0 Å². The van der Waals surface area contributed by atoms with Crippen LogP contribution in [0.4, 0.5) is 10.8 Å². The quantitative estimate of drug-likeness (QED) is 0.728. The predicted molar refractivity (Wildman–Crippen MR) is 86.5 cm³/mol. The summed E-state index contributed by atoms with van der Waals surface area (Å²) >= 11 is 1.81. The summed E-state index contributed by atoms with van der Waals surface area (Å²) in [5, 5.41) is 7.97. The summed E-state index contributed by atoms with van der Waals surface area (Å²) in [6.45, 7) is 6.09. The normalized spacial score (nSPS) is 15.9. The summed E-state index contributed by atoms with van der Waals surface area (Å²) in [5.41, 5.74) is 2.13. The molecule has 0 amide bonds. The number of anilines is 2. The van der Waals surface area contributed by atoms with Crippen molar-refractivity contribution < 1.29 is 0 Å². The van der Waals surface area contributed by atoms with Crippen LogP contribution in [0.25, 0.3) is 5.52 Å². The molecule has 1 aliphatic rings. The smallest absolute Gasteiger partial charge is 0.154 e. The molecule has 6 heteroatoms. The Balaban J connectivity index is 1.57. The molecule has 0 saturated carbocycles. The van der Waals surface area contributed by atoms with Crippen molar-refractivity contribution in [2.75, 3.05) is 36.0 Å². The van der Waals surface area contributed by atoms with Crippen LogP contribution in [0.5, 0.6) is 0 Å². The van der Waals surface area contributed by atoms with Gasteiger partial charge in [-0.15, -0.1) is 11.3 Å². The van der Waals surface area contributed by atoms with Gasteiger partial charge in [-0.05, 0) is 30.5 Å². The molecule has 3 aromatic heterocycles. The van der Waals surface area contributed by atoms with Crippen molar-refractivity contribution >= 4 is 27.7 Å². The molecule has 5 nitrogen and oxygen atoms in total. The molecule has 1 saturated heterocycles. The van der Waals surface area contributed by atoms with Gasteiger partial charge in [0.05, 0.1) is 10.7 Å². The number of aryl methyl sites for hydroxylation is 1. The number of fused-ring (bicyclic) bond motifs is 1. The van der Waals surface area contributed by atoms with E-state index in [1.165, 1.54) is 5.00 Å². The maximum atomic E-state index is 4.58. The largest absolute Gasteiger partial charge is 0.360 e. The minimum atomic E-state index is 0.995. The lowest BCUT2D eigenvalue weighted by molar-refractivity contribution is 0.651. The van der Waals surface area contributed by atoms with Gasteiger partial charge >= 0.3 is 0 Å². The number of hydrogen-bond donors (Lipinski definition) is 0. The Hall–Kier alpha value is -2.08. The van der Waals surface area contributed by atoms with Crippen LogP contribution in [-0.4, -0.2) is 40.8 Å². The molecular formula is C15H17N5S. The first-order valence-corrected chi connectivity index (χ1v) is 8.03. The van der Waals surface area contributed by atoms with E-state index in [9.17, 15) is 0 Å². The zero-order chi connectivity index (χ0) is 14.2. The highest BCUT2D eigenvalue weighted by Crippen LogP contribution is 2.25. The zero-order valence-electron chi connectivity index (χ0n) is 11.9. The number of nitrogens with zero attached hydrogens (tertiary/aromatic N) is 5. The van der Waals surface area contributed by atoms with Crippen LogP contribution in [-0.2, 0) is 0 Å². The van der Waals surface area contributed by atoms with Crippen LogP contribution < -0.4 is 9.80 Å². The van der Waals surface area contributed by atoms with Gasteiger partial charge in [0, 0.05) is 38.6 Å². The molecule has 0 radical (unpaired) electrons. The minimum Gasteiger partial charge on any atom is -0.360 e. The molecule has 3 aromatic rings. The molecule has 21 heavy (non-hydrogen) atoms. The monoisotopic (exact) mass is 299 g/mol. The lowest BCUT2D eigenvalue weighted by atomic mass is 10.3. The third kappa shape index (κ3) is 2.25. The molecule has 4 rings (SSSR count). The second-order valence-electron chi connectivity index (χ2n) is 5.29. The van der Waals surface area contributed by atoms with Crippen LogP contribution in [0, 0.1) is 6.92 Å². The Morgan fingerprint density at radius 1 is 1.14 bits per heavy atom. The minimum absolute atomic E-state index is 0.995. The molecule has 0 spiro atoms. The number of piperazine rings is 1. The second-order valence-corrected chi connectivity index (χ2v) is 6.22. The fourth-order valence-corrected chi connectivity index (χ4v) is 3.65. The van der Waals surface area contributed by atoms with Crippen LogP contribution in [0.15, 0.2) is 36.0 Å². The Morgan fingerprint density at radius 3 is 2.71 bits per heavy atom. The average Bonchev–Trinajstić information content (AvgIpc) is 3.15. The first-order chi connectivity index (χ1) is 10.3. The van der Waals surface area contributed by atoms with E-state index in [0.717, 1.165) is 43.2 Å². The predicted octanol–water partition coefficient (Wildman–Crippen LogP) is 2.43. The highest BCUT2D eigenvalue weighted by atomic mass is 32.1. The molecular weight excluding hydrogens is 282 g/mol. The summed E-state index contributed by atoms with van der Waals surface area (Å²) in [6.07, 6.45) is 3.74. The Labute approximate surface area is 127 Å². The van der Waals surface area contributed by atoms with Gasteiger partial charge in [-0.1, -0.05) is 0 Å². The molecule has 0 aromatic carbocycles.